The fourth-order valence-electron chi connectivity index (χ4n) is 4.01. The topological polar surface area (TPSA) is 68.9 Å². The number of hydrogen-bond acceptors (Lipinski definition) is 3. The third-order valence-corrected chi connectivity index (χ3v) is 5.66. The van der Waals surface area contributed by atoms with Gasteiger partial charge >= 0.3 is 0 Å². The number of carbonyl (C=O) groups is 1. The standard InChI is InChI=1S/C25H26N4O2/c1-5-28-25-23(17(3)27-28)20(19-12-7-6-8-13-19)15-22(30)29(25)18(4)24(31)26-21-14-10-9-11-16(21)2/h6-15,18H,5H2,1-4H3,(H,26,31). The molecule has 0 fully saturated rings. The van der Waals surface area contributed by atoms with Gasteiger partial charge in [-0.2, -0.15) is 5.10 Å². The van der Waals surface area contributed by atoms with Crippen molar-refractivity contribution < 1.29 is 4.79 Å². The molecule has 4 aromatic rings. The summed E-state index contributed by atoms with van der Waals surface area (Å²) >= 11 is 0. The molecule has 6 heteroatoms. The van der Waals surface area contributed by atoms with Crippen molar-refractivity contribution in [3.05, 3.63) is 82.3 Å². The van der Waals surface area contributed by atoms with E-state index in [0.29, 0.717) is 12.2 Å². The Morgan fingerprint density at radius 2 is 1.74 bits per heavy atom. The lowest BCUT2D eigenvalue weighted by Crippen LogP contribution is -2.32. The Morgan fingerprint density at radius 1 is 1.06 bits per heavy atom. The van der Waals surface area contributed by atoms with Gasteiger partial charge in [-0.3, -0.25) is 14.2 Å². The van der Waals surface area contributed by atoms with E-state index in [4.69, 9.17) is 0 Å². The van der Waals surface area contributed by atoms with Gasteiger partial charge < -0.3 is 5.32 Å². The van der Waals surface area contributed by atoms with Gasteiger partial charge in [0.25, 0.3) is 5.56 Å². The second kappa shape index (κ2) is 8.22. The summed E-state index contributed by atoms with van der Waals surface area (Å²) in [6, 6.07) is 18.3. The Labute approximate surface area is 181 Å². The van der Waals surface area contributed by atoms with E-state index >= 15 is 0 Å². The van der Waals surface area contributed by atoms with E-state index in [1.54, 1.807) is 22.2 Å². The maximum atomic E-state index is 13.3. The van der Waals surface area contributed by atoms with Crippen molar-refractivity contribution in [2.75, 3.05) is 5.32 Å². The van der Waals surface area contributed by atoms with E-state index in [-0.39, 0.29) is 11.5 Å². The first-order valence-electron chi connectivity index (χ1n) is 10.5. The second-order valence-corrected chi connectivity index (χ2v) is 7.71. The number of anilines is 1. The van der Waals surface area contributed by atoms with Gasteiger partial charge in [-0.15, -0.1) is 0 Å². The van der Waals surface area contributed by atoms with Crippen LogP contribution in [0.25, 0.3) is 22.2 Å². The molecule has 2 aromatic heterocycles. The van der Waals surface area contributed by atoms with Crippen molar-refractivity contribution in [3.8, 4) is 11.1 Å². The SMILES string of the molecule is CCn1nc(C)c2c(-c3ccccc3)cc(=O)n(C(C)C(=O)Nc3ccccc3C)c21. The summed E-state index contributed by atoms with van der Waals surface area (Å²) in [6.45, 7) is 8.20. The molecular formula is C25H26N4O2. The molecule has 0 bridgehead atoms. The van der Waals surface area contributed by atoms with Crippen LogP contribution in [-0.2, 0) is 11.3 Å². The highest BCUT2D eigenvalue weighted by Gasteiger charge is 2.24. The van der Waals surface area contributed by atoms with Gasteiger partial charge in [-0.1, -0.05) is 48.5 Å². The molecule has 31 heavy (non-hydrogen) atoms. The van der Waals surface area contributed by atoms with Crippen LogP contribution >= 0.6 is 0 Å². The van der Waals surface area contributed by atoms with Crippen molar-refractivity contribution in [2.24, 2.45) is 0 Å². The van der Waals surface area contributed by atoms with Crippen LogP contribution in [0.15, 0.2) is 65.5 Å². The Morgan fingerprint density at radius 3 is 2.42 bits per heavy atom. The lowest BCUT2D eigenvalue weighted by atomic mass is 10.0. The molecule has 1 atom stereocenters. The van der Waals surface area contributed by atoms with Gasteiger partial charge in [0, 0.05) is 23.7 Å². The Hall–Kier alpha value is -3.67. The zero-order valence-electron chi connectivity index (χ0n) is 18.2. The van der Waals surface area contributed by atoms with Crippen LogP contribution in [0.4, 0.5) is 5.69 Å². The van der Waals surface area contributed by atoms with E-state index in [1.807, 2.05) is 75.4 Å². The minimum absolute atomic E-state index is 0.228. The van der Waals surface area contributed by atoms with Gasteiger partial charge in [-0.05, 0) is 50.5 Å². The maximum Gasteiger partial charge on any atom is 0.253 e. The first-order chi connectivity index (χ1) is 14.9. The lowest BCUT2D eigenvalue weighted by molar-refractivity contribution is -0.118. The summed E-state index contributed by atoms with van der Waals surface area (Å²) < 4.78 is 3.36. The number of nitrogens with zero attached hydrogens (tertiary/aromatic N) is 3. The van der Waals surface area contributed by atoms with Gasteiger partial charge in [0.1, 0.15) is 11.7 Å². The van der Waals surface area contributed by atoms with Crippen molar-refractivity contribution in [3.63, 3.8) is 0 Å². The number of carbonyl (C=O) groups excluding carboxylic acids is 1. The average Bonchev–Trinajstić information content (AvgIpc) is 3.11. The lowest BCUT2D eigenvalue weighted by Gasteiger charge is -2.19. The molecule has 0 aliphatic heterocycles. The van der Waals surface area contributed by atoms with E-state index in [0.717, 1.165) is 33.5 Å². The summed E-state index contributed by atoms with van der Waals surface area (Å²) in [5.74, 6) is -0.244. The van der Waals surface area contributed by atoms with E-state index in [9.17, 15) is 9.59 Å². The molecule has 1 N–H and O–H groups in total. The molecular weight excluding hydrogens is 388 g/mol. The molecule has 4 rings (SSSR count). The molecule has 0 radical (unpaired) electrons. The summed E-state index contributed by atoms with van der Waals surface area (Å²) in [5.41, 5.74) is 4.76. The number of rotatable bonds is 5. The summed E-state index contributed by atoms with van der Waals surface area (Å²) in [5, 5.41) is 8.52. The van der Waals surface area contributed by atoms with Crippen LogP contribution in [-0.4, -0.2) is 20.3 Å². The summed E-state index contributed by atoms with van der Waals surface area (Å²) in [4.78, 5) is 26.4. The minimum atomic E-state index is -0.708. The fraction of sp³-hybridized carbons (Fsp3) is 0.240. The molecule has 2 heterocycles. The van der Waals surface area contributed by atoms with Crippen LogP contribution in [0.3, 0.4) is 0 Å². The molecule has 0 aliphatic carbocycles. The van der Waals surface area contributed by atoms with Crippen molar-refractivity contribution in [1.29, 1.82) is 0 Å². The van der Waals surface area contributed by atoms with Crippen LogP contribution in [0.1, 0.15) is 31.1 Å². The Balaban J connectivity index is 1.89. The average molecular weight is 415 g/mol. The van der Waals surface area contributed by atoms with E-state index in [2.05, 4.69) is 10.4 Å². The minimum Gasteiger partial charge on any atom is -0.324 e. The van der Waals surface area contributed by atoms with Gasteiger partial charge in [0.2, 0.25) is 5.91 Å². The van der Waals surface area contributed by atoms with E-state index < -0.39 is 6.04 Å². The number of benzene rings is 2. The number of fused-ring (bicyclic) bond motifs is 1. The number of aromatic nitrogens is 3. The molecule has 6 nitrogen and oxygen atoms in total. The molecule has 158 valence electrons. The first-order valence-corrected chi connectivity index (χ1v) is 10.5. The van der Waals surface area contributed by atoms with Crippen LogP contribution in [0.5, 0.6) is 0 Å². The molecule has 0 saturated heterocycles. The Bertz CT molecular complexity index is 1320. The Kier molecular flexibility index (Phi) is 5.46. The fourth-order valence-corrected chi connectivity index (χ4v) is 4.01. The monoisotopic (exact) mass is 414 g/mol. The van der Waals surface area contributed by atoms with Crippen molar-refractivity contribution in [2.45, 2.75) is 40.3 Å². The molecule has 1 amide bonds. The molecule has 0 aliphatic rings. The third-order valence-electron chi connectivity index (χ3n) is 5.66. The molecule has 0 spiro atoms. The maximum absolute atomic E-state index is 13.3. The number of para-hydroxylation sites is 1. The zero-order valence-corrected chi connectivity index (χ0v) is 18.2. The molecule has 0 saturated carbocycles. The predicted molar refractivity (Wildman–Crippen MR) is 124 cm³/mol. The highest BCUT2D eigenvalue weighted by Crippen LogP contribution is 2.31. The van der Waals surface area contributed by atoms with Gasteiger partial charge in [-0.25, -0.2) is 4.68 Å². The first kappa shape index (κ1) is 20.6. The number of hydrogen-bond donors (Lipinski definition) is 1. The number of nitrogens with one attached hydrogen (secondary N) is 1. The normalized spacial score (nSPS) is 12.1. The summed E-state index contributed by atoms with van der Waals surface area (Å²) in [6.07, 6.45) is 0. The number of amides is 1. The second-order valence-electron chi connectivity index (χ2n) is 7.71. The number of aryl methyl sites for hydroxylation is 3. The highest BCUT2D eigenvalue weighted by atomic mass is 16.2. The number of pyridine rings is 1. The van der Waals surface area contributed by atoms with Gasteiger partial charge in [0.05, 0.1) is 5.69 Å². The predicted octanol–water partition coefficient (Wildman–Crippen LogP) is 4.70. The van der Waals surface area contributed by atoms with Crippen molar-refractivity contribution in [1.82, 2.24) is 14.3 Å². The van der Waals surface area contributed by atoms with Crippen LogP contribution in [0, 0.1) is 13.8 Å². The van der Waals surface area contributed by atoms with Crippen LogP contribution in [0.2, 0.25) is 0 Å². The van der Waals surface area contributed by atoms with Crippen molar-refractivity contribution >= 4 is 22.6 Å². The largest absolute Gasteiger partial charge is 0.324 e. The highest BCUT2D eigenvalue weighted by molar-refractivity contribution is 5.98. The smallest absolute Gasteiger partial charge is 0.253 e. The quantitative estimate of drug-likeness (QED) is 0.515. The van der Waals surface area contributed by atoms with Crippen LogP contribution < -0.4 is 10.9 Å². The molecule has 1 unspecified atom stereocenters. The summed E-state index contributed by atoms with van der Waals surface area (Å²) in [7, 11) is 0. The zero-order chi connectivity index (χ0) is 22.1. The molecule has 2 aromatic carbocycles. The van der Waals surface area contributed by atoms with Gasteiger partial charge in [0.15, 0.2) is 0 Å². The third kappa shape index (κ3) is 3.65. The van der Waals surface area contributed by atoms with E-state index in [1.165, 1.54) is 0 Å².